The predicted molar refractivity (Wildman–Crippen MR) is 44.5 cm³/mol. The summed E-state index contributed by atoms with van der Waals surface area (Å²) in [7, 11) is 2.66. The van der Waals surface area contributed by atoms with Gasteiger partial charge in [0, 0.05) is 6.54 Å². The lowest BCUT2D eigenvalue weighted by atomic mass is 10.4. The Bertz CT molecular complexity index is 82.4. The average Bonchev–Trinajstić information content (AvgIpc) is 2.14. The van der Waals surface area contributed by atoms with Gasteiger partial charge in [-0.1, -0.05) is 9.39 Å². The molecule has 0 amide bonds. The molecule has 0 aromatic rings. The molecule has 0 aliphatic carbocycles. The lowest BCUT2D eigenvalue weighted by molar-refractivity contribution is 0.187. The molecule has 1 aliphatic heterocycles. The summed E-state index contributed by atoms with van der Waals surface area (Å²) >= 11 is 1.95. The fourth-order valence-electron chi connectivity index (χ4n) is 0.854. The van der Waals surface area contributed by atoms with Crippen LogP contribution in [0.15, 0.2) is 0 Å². The second-order valence-electron chi connectivity index (χ2n) is 1.92. The fraction of sp³-hybridized carbons (Fsp3) is 1.00. The summed E-state index contributed by atoms with van der Waals surface area (Å²) < 4.78 is 7.24. The van der Waals surface area contributed by atoms with E-state index < -0.39 is 0 Å². The monoisotopic (exact) mass is 245 g/mol. The number of hydrogen-bond acceptors (Lipinski definition) is 2. The Morgan fingerprint density at radius 2 is 2.50 bits per heavy atom. The van der Waals surface area contributed by atoms with E-state index in [-0.39, 0.29) is 0 Å². The molecule has 2 unspecified atom stereocenters. The van der Waals surface area contributed by atoms with E-state index in [1.165, 1.54) is 12.8 Å². The number of hydrogen-bond donors (Lipinski definition) is 0. The molecular weight excluding hydrogens is 236 g/mol. The van der Waals surface area contributed by atoms with Crippen LogP contribution >= 0.6 is 32.4 Å². The molecule has 1 aliphatic rings. The van der Waals surface area contributed by atoms with Crippen LogP contribution in [0.4, 0.5) is 0 Å². The zero-order valence-electron chi connectivity index (χ0n) is 4.51. The van der Waals surface area contributed by atoms with Crippen molar-refractivity contribution in [2.24, 2.45) is 0 Å². The Balaban J connectivity index is 2.30. The molecule has 1 saturated heterocycles. The van der Waals surface area contributed by atoms with Gasteiger partial charge in [0.2, 0.25) is 0 Å². The van der Waals surface area contributed by atoms with Crippen molar-refractivity contribution in [3.05, 3.63) is 0 Å². The lowest BCUT2D eigenvalue weighted by Crippen LogP contribution is -2.18. The van der Waals surface area contributed by atoms with Crippen molar-refractivity contribution >= 4 is 32.4 Å². The molecule has 0 aromatic heterocycles. The van der Waals surface area contributed by atoms with E-state index >= 15 is 0 Å². The van der Waals surface area contributed by atoms with Gasteiger partial charge in [-0.05, 0) is 12.8 Å². The van der Waals surface area contributed by atoms with Gasteiger partial charge in [-0.25, -0.2) is 0 Å². The maximum Gasteiger partial charge on any atom is 0.125 e. The minimum absolute atomic E-state index is 0.348. The minimum Gasteiger partial charge on any atom is -0.296 e. The Morgan fingerprint density at radius 1 is 1.75 bits per heavy atom. The highest BCUT2D eigenvalue weighted by Crippen LogP contribution is 2.22. The van der Waals surface area contributed by atoms with Crippen LogP contribution in [0.5, 0.6) is 0 Å². The van der Waals surface area contributed by atoms with Crippen LogP contribution in [-0.4, -0.2) is 17.4 Å². The van der Waals surface area contributed by atoms with Crippen molar-refractivity contribution in [3.8, 4) is 0 Å². The molecule has 2 atom stereocenters. The second-order valence-corrected chi connectivity index (χ2v) is 3.10. The molecule has 2 nitrogen and oxygen atoms in total. The third-order valence-corrected chi connectivity index (χ3v) is 2.52. The first-order chi connectivity index (χ1) is 3.84. The van der Waals surface area contributed by atoms with Crippen LogP contribution in [0, 0.1) is 0 Å². The molecule has 1 fully saturated rings. The van der Waals surface area contributed by atoms with Crippen molar-refractivity contribution < 1.29 is 3.07 Å². The van der Waals surface area contributed by atoms with E-state index in [9.17, 15) is 0 Å². The lowest BCUT2D eigenvalue weighted by Gasteiger charge is -2.14. The number of halogens is 1. The predicted octanol–water partition coefficient (Wildman–Crippen LogP) is 1.56. The Morgan fingerprint density at radius 3 is 2.75 bits per heavy atom. The largest absolute Gasteiger partial charge is 0.296 e. The smallest absolute Gasteiger partial charge is 0.125 e. The quantitative estimate of drug-likeness (QED) is 0.513. The van der Waals surface area contributed by atoms with Gasteiger partial charge in [0.1, 0.15) is 29.2 Å². The highest BCUT2D eigenvalue weighted by Gasteiger charge is 2.20. The first-order valence-corrected chi connectivity index (χ1v) is 4.03. The molecule has 1 rings (SSSR count). The summed E-state index contributed by atoms with van der Waals surface area (Å²) in [5.41, 5.74) is 0. The molecule has 0 saturated carbocycles. The molecule has 1 heterocycles. The van der Waals surface area contributed by atoms with Crippen molar-refractivity contribution in [2.45, 2.75) is 19.1 Å². The van der Waals surface area contributed by atoms with Crippen LogP contribution in [0.3, 0.4) is 0 Å². The first-order valence-electron chi connectivity index (χ1n) is 2.63. The fourth-order valence-corrected chi connectivity index (χ4v) is 2.04. The van der Waals surface area contributed by atoms with Gasteiger partial charge in [-0.3, -0.25) is 7.74 Å². The topological polar surface area (TPSA) is 12.5 Å². The van der Waals surface area contributed by atoms with Gasteiger partial charge in [0.15, 0.2) is 0 Å². The molecule has 0 N–H and O–H groups in total. The van der Waals surface area contributed by atoms with Gasteiger partial charge in [-0.2, -0.15) is 0 Å². The SMILES string of the molecule is PN1CCCC1OI. The summed E-state index contributed by atoms with van der Waals surface area (Å²) in [4.78, 5) is 0. The Kier molecular flexibility index (Phi) is 2.97. The van der Waals surface area contributed by atoms with Gasteiger partial charge in [0.25, 0.3) is 0 Å². The molecule has 0 aromatic carbocycles. The van der Waals surface area contributed by atoms with Crippen molar-refractivity contribution in [2.75, 3.05) is 6.54 Å². The molecule has 4 heteroatoms. The van der Waals surface area contributed by atoms with Crippen LogP contribution in [0.1, 0.15) is 12.8 Å². The number of nitrogens with zero attached hydrogens (tertiary/aromatic N) is 1. The van der Waals surface area contributed by atoms with Crippen LogP contribution < -0.4 is 0 Å². The summed E-state index contributed by atoms with van der Waals surface area (Å²) in [6.07, 6.45) is 2.78. The van der Waals surface area contributed by atoms with Crippen molar-refractivity contribution in [3.63, 3.8) is 0 Å². The summed E-state index contributed by atoms with van der Waals surface area (Å²) in [5, 5.41) is 0. The Hall–Kier alpha value is 1.08. The zero-order valence-corrected chi connectivity index (χ0v) is 7.82. The average molecular weight is 245 g/mol. The van der Waals surface area contributed by atoms with E-state index in [1.807, 2.05) is 23.0 Å². The van der Waals surface area contributed by atoms with E-state index in [2.05, 4.69) is 14.1 Å². The van der Waals surface area contributed by atoms with Crippen LogP contribution in [0.2, 0.25) is 0 Å². The van der Waals surface area contributed by atoms with Gasteiger partial charge < -0.3 is 0 Å². The van der Waals surface area contributed by atoms with E-state index in [4.69, 9.17) is 3.07 Å². The molecule has 0 spiro atoms. The summed E-state index contributed by atoms with van der Waals surface area (Å²) in [6.45, 7) is 1.15. The molecule has 8 heavy (non-hydrogen) atoms. The highest BCUT2D eigenvalue weighted by molar-refractivity contribution is 14.1. The van der Waals surface area contributed by atoms with Gasteiger partial charge >= 0.3 is 0 Å². The van der Waals surface area contributed by atoms with Crippen molar-refractivity contribution in [1.29, 1.82) is 0 Å². The van der Waals surface area contributed by atoms with E-state index in [0.717, 1.165) is 6.54 Å². The highest BCUT2D eigenvalue weighted by atomic mass is 127. The first kappa shape index (κ1) is 7.19. The Labute approximate surface area is 65.9 Å². The second kappa shape index (κ2) is 3.30. The van der Waals surface area contributed by atoms with Gasteiger partial charge in [-0.15, -0.1) is 0 Å². The third kappa shape index (κ3) is 1.53. The van der Waals surface area contributed by atoms with E-state index in [1.54, 1.807) is 0 Å². The molecule has 48 valence electrons. The van der Waals surface area contributed by atoms with Gasteiger partial charge in [0.05, 0.1) is 0 Å². The zero-order chi connectivity index (χ0) is 5.98. The van der Waals surface area contributed by atoms with Crippen LogP contribution in [-0.2, 0) is 3.07 Å². The molecule has 0 bridgehead atoms. The minimum atomic E-state index is 0.348. The standard InChI is InChI=1S/C4H9INOP/c5-7-4-2-1-3-6(4)8/h4H,1-3,8H2. The molecule has 0 radical (unpaired) electrons. The maximum atomic E-state index is 5.10. The summed E-state index contributed by atoms with van der Waals surface area (Å²) in [5.74, 6) is 0. The maximum absolute atomic E-state index is 5.10. The summed E-state index contributed by atoms with van der Waals surface area (Å²) in [6, 6.07) is 0. The van der Waals surface area contributed by atoms with E-state index in [0.29, 0.717) is 6.23 Å². The number of rotatable bonds is 1. The third-order valence-electron chi connectivity index (χ3n) is 1.34. The normalized spacial score (nSPS) is 31.5. The van der Waals surface area contributed by atoms with Crippen LogP contribution in [0.25, 0.3) is 0 Å². The molecular formula is C4H9INOP. The van der Waals surface area contributed by atoms with Crippen molar-refractivity contribution in [1.82, 2.24) is 4.67 Å².